The van der Waals surface area contributed by atoms with Gasteiger partial charge in [0.1, 0.15) is 4.53 Å². The molecule has 1 N–H and O–H groups in total. The second kappa shape index (κ2) is 5.45. The molecule has 2 rings (SSSR count). The minimum atomic E-state index is -0.510. The van der Waals surface area contributed by atoms with Gasteiger partial charge in [-0.1, -0.05) is 18.3 Å². The summed E-state index contributed by atoms with van der Waals surface area (Å²) in [5, 5.41) is 0. The number of hydrogen-bond donors (Lipinski definition) is 1. The average molecular weight is 270 g/mol. The van der Waals surface area contributed by atoms with Gasteiger partial charge in [0, 0.05) is 6.08 Å². The predicted octanol–water partition coefficient (Wildman–Crippen LogP) is -2.29. The van der Waals surface area contributed by atoms with Gasteiger partial charge in [0.25, 0.3) is 5.56 Å². The highest BCUT2D eigenvalue weighted by Gasteiger charge is 2.17. The summed E-state index contributed by atoms with van der Waals surface area (Å²) in [6.45, 7) is 4.40. The first-order valence-electron chi connectivity index (χ1n) is 5.83. The van der Waals surface area contributed by atoms with Crippen LogP contribution in [-0.4, -0.2) is 30.9 Å². The number of aromatic nitrogens is 1. The van der Waals surface area contributed by atoms with E-state index in [2.05, 4.69) is 16.7 Å². The third-order valence-electron chi connectivity index (χ3n) is 2.76. The zero-order valence-electron chi connectivity index (χ0n) is 10.4. The van der Waals surface area contributed by atoms with E-state index in [4.69, 9.17) is 0 Å². The van der Waals surface area contributed by atoms with E-state index in [0.717, 1.165) is 13.0 Å². The van der Waals surface area contributed by atoms with Crippen molar-refractivity contribution in [3.8, 4) is 0 Å². The van der Waals surface area contributed by atoms with Crippen LogP contribution < -0.4 is 19.8 Å². The largest absolute Gasteiger partial charge is 0.466 e. The Labute approximate surface area is 108 Å². The number of nitrogens with zero attached hydrogens (tertiary/aromatic N) is 2. The lowest BCUT2D eigenvalue weighted by molar-refractivity contribution is -0.925. The summed E-state index contributed by atoms with van der Waals surface area (Å²) in [6.07, 6.45) is 2.29. The van der Waals surface area contributed by atoms with Crippen LogP contribution in [0.25, 0.3) is 6.08 Å². The van der Waals surface area contributed by atoms with Gasteiger partial charge in [0.2, 0.25) is 0 Å². The molecule has 1 atom stereocenters. The Morgan fingerprint density at radius 1 is 1.67 bits per heavy atom. The van der Waals surface area contributed by atoms with Crippen molar-refractivity contribution < 1.29 is 14.4 Å². The molecule has 0 amide bonds. The summed E-state index contributed by atoms with van der Waals surface area (Å²) >= 11 is 1.24. The van der Waals surface area contributed by atoms with Gasteiger partial charge in [-0.25, -0.2) is 14.4 Å². The molecule has 0 aromatic carbocycles. The summed E-state index contributed by atoms with van der Waals surface area (Å²) < 4.78 is 6.55. The SMILES string of the molecule is CCC[NH+]1CN=c2s/c(=C\C(=O)OC)c(=O)n2C1. The maximum Gasteiger partial charge on any atom is 0.332 e. The number of rotatable bonds is 3. The Hall–Kier alpha value is -1.47. The van der Waals surface area contributed by atoms with E-state index in [0.29, 0.717) is 22.7 Å². The molecule has 0 saturated heterocycles. The van der Waals surface area contributed by atoms with Crippen molar-refractivity contribution in [3.05, 3.63) is 19.7 Å². The van der Waals surface area contributed by atoms with Crippen LogP contribution in [0.5, 0.6) is 0 Å². The molecule has 0 radical (unpaired) electrons. The molecule has 2 heterocycles. The third-order valence-corrected chi connectivity index (χ3v) is 3.81. The van der Waals surface area contributed by atoms with Crippen LogP contribution in [0.2, 0.25) is 0 Å². The van der Waals surface area contributed by atoms with E-state index in [9.17, 15) is 9.59 Å². The topological polar surface area (TPSA) is 65.1 Å². The first-order valence-corrected chi connectivity index (χ1v) is 6.64. The molecule has 1 aromatic rings. The molecular weight excluding hydrogens is 254 g/mol. The van der Waals surface area contributed by atoms with E-state index in [-0.39, 0.29) is 5.56 Å². The van der Waals surface area contributed by atoms with Gasteiger partial charge in [-0.2, -0.15) is 0 Å². The molecule has 0 aliphatic carbocycles. The Kier molecular flexibility index (Phi) is 3.93. The van der Waals surface area contributed by atoms with E-state index in [1.165, 1.54) is 29.4 Å². The lowest BCUT2D eigenvalue weighted by atomic mass is 10.4. The normalized spacial score (nSPS) is 19.2. The number of carbonyl (C=O) groups is 1. The number of quaternary nitrogens is 1. The molecule has 18 heavy (non-hydrogen) atoms. The minimum absolute atomic E-state index is 0.155. The predicted molar refractivity (Wildman–Crippen MR) is 66.8 cm³/mol. The molecule has 0 saturated carbocycles. The lowest BCUT2D eigenvalue weighted by Crippen LogP contribution is -3.12. The van der Waals surface area contributed by atoms with Gasteiger partial charge in [-0.3, -0.25) is 9.69 Å². The molecule has 1 aromatic heterocycles. The van der Waals surface area contributed by atoms with Crippen LogP contribution in [0.4, 0.5) is 0 Å². The zero-order valence-corrected chi connectivity index (χ0v) is 11.2. The first-order chi connectivity index (χ1) is 8.65. The van der Waals surface area contributed by atoms with Crippen molar-refractivity contribution >= 4 is 23.4 Å². The van der Waals surface area contributed by atoms with Crippen LogP contribution in [-0.2, 0) is 16.2 Å². The fourth-order valence-electron chi connectivity index (χ4n) is 1.90. The van der Waals surface area contributed by atoms with Gasteiger partial charge in [0.15, 0.2) is 18.1 Å². The molecule has 0 spiro atoms. The maximum atomic E-state index is 12.1. The average Bonchev–Trinajstić information content (AvgIpc) is 2.67. The fraction of sp³-hybridized carbons (Fsp3) is 0.545. The van der Waals surface area contributed by atoms with Gasteiger partial charge in [-0.15, -0.1) is 0 Å². The van der Waals surface area contributed by atoms with E-state index < -0.39 is 5.97 Å². The zero-order chi connectivity index (χ0) is 13.1. The quantitative estimate of drug-likeness (QED) is 0.629. The van der Waals surface area contributed by atoms with E-state index in [1.54, 1.807) is 4.57 Å². The van der Waals surface area contributed by atoms with Crippen molar-refractivity contribution in [2.24, 2.45) is 4.99 Å². The highest BCUT2D eigenvalue weighted by atomic mass is 32.1. The summed E-state index contributed by atoms with van der Waals surface area (Å²) in [6, 6.07) is 0. The van der Waals surface area contributed by atoms with Gasteiger partial charge in [-0.05, 0) is 6.42 Å². The minimum Gasteiger partial charge on any atom is -0.466 e. The number of ether oxygens (including phenoxy) is 1. The number of hydrogen-bond acceptors (Lipinski definition) is 5. The molecule has 1 aliphatic rings. The lowest BCUT2D eigenvalue weighted by Gasteiger charge is -2.19. The van der Waals surface area contributed by atoms with Crippen LogP contribution in [0.3, 0.4) is 0 Å². The third kappa shape index (κ3) is 2.51. The summed E-state index contributed by atoms with van der Waals surface area (Å²) in [5.74, 6) is -0.510. The second-order valence-electron chi connectivity index (χ2n) is 4.12. The highest BCUT2D eigenvalue weighted by molar-refractivity contribution is 7.07. The van der Waals surface area contributed by atoms with E-state index >= 15 is 0 Å². The smallest absolute Gasteiger partial charge is 0.332 e. The second-order valence-corrected chi connectivity index (χ2v) is 5.13. The Morgan fingerprint density at radius 2 is 2.44 bits per heavy atom. The van der Waals surface area contributed by atoms with Crippen LogP contribution in [0, 0.1) is 0 Å². The fourth-order valence-corrected chi connectivity index (χ4v) is 2.83. The van der Waals surface area contributed by atoms with Crippen molar-refractivity contribution in [2.75, 3.05) is 20.3 Å². The number of carbonyl (C=O) groups excluding carboxylic acids is 1. The summed E-state index contributed by atoms with van der Waals surface area (Å²) in [5.41, 5.74) is -0.155. The molecule has 98 valence electrons. The van der Waals surface area contributed by atoms with Gasteiger partial charge >= 0.3 is 5.97 Å². The standard InChI is InChI=1S/C11H15N3O3S/c1-3-4-13-6-12-11-14(7-13)10(16)8(18-11)5-9(15)17-2/h5H,3-4,6-7H2,1-2H3/p+1/b8-5-. The molecule has 0 bridgehead atoms. The number of methoxy groups -OCH3 is 1. The Morgan fingerprint density at radius 3 is 3.11 bits per heavy atom. The Balaban J connectivity index is 2.40. The molecular formula is C11H16N3O3S+. The number of thiazole rings is 1. The van der Waals surface area contributed by atoms with Crippen molar-refractivity contribution in [2.45, 2.75) is 20.0 Å². The van der Waals surface area contributed by atoms with Crippen molar-refractivity contribution in [1.29, 1.82) is 0 Å². The van der Waals surface area contributed by atoms with E-state index in [1.807, 2.05) is 0 Å². The van der Waals surface area contributed by atoms with Crippen molar-refractivity contribution in [1.82, 2.24) is 4.57 Å². The van der Waals surface area contributed by atoms with Gasteiger partial charge in [0.05, 0.1) is 13.7 Å². The maximum absolute atomic E-state index is 12.1. The Bertz CT molecular complexity index is 616. The number of esters is 1. The molecule has 0 fully saturated rings. The van der Waals surface area contributed by atoms with Crippen LogP contribution in [0.1, 0.15) is 13.3 Å². The highest BCUT2D eigenvalue weighted by Crippen LogP contribution is 1.81. The number of fused-ring (bicyclic) bond motifs is 1. The summed E-state index contributed by atoms with van der Waals surface area (Å²) in [7, 11) is 1.29. The summed E-state index contributed by atoms with van der Waals surface area (Å²) in [4.78, 5) is 29.6. The van der Waals surface area contributed by atoms with Crippen molar-refractivity contribution in [3.63, 3.8) is 0 Å². The molecule has 1 unspecified atom stereocenters. The van der Waals surface area contributed by atoms with Crippen LogP contribution >= 0.6 is 11.3 Å². The van der Waals surface area contributed by atoms with Crippen LogP contribution in [0.15, 0.2) is 9.79 Å². The molecule has 7 heteroatoms. The van der Waals surface area contributed by atoms with Gasteiger partial charge < -0.3 is 4.74 Å². The monoisotopic (exact) mass is 270 g/mol. The molecule has 1 aliphatic heterocycles. The first kappa shape index (κ1) is 13.0. The number of nitrogens with one attached hydrogen (secondary N) is 1. The molecule has 6 nitrogen and oxygen atoms in total.